The van der Waals surface area contributed by atoms with Crippen LogP contribution in [-0.4, -0.2) is 42.0 Å². The van der Waals surface area contributed by atoms with Gasteiger partial charge in [-0.1, -0.05) is 36.4 Å². The predicted molar refractivity (Wildman–Crippen MR) is 125 cm³/mol. The second-order valence-corrected chi connectivity index (χ2v) is 8.95. The lowest BCUT2D eigenvalue weighted by molar-refractivity contribution is -0.149. The molecule has 0 aliphatic heterocycles. The first kappa shape index (κ1) is 26.3. The number of aliphatic hydroxyl groups is 1. The molecule has 180 valence electrons. The van der Waals surface area contributed by atoms with Gasteiger partial charge in [-0.3, -0.25) is 4.79 Å². The number of esters is 1. The number of hydrogen-bond acceptors (Lipinski definition) is 5. The van der Waals surface area contributed by atoms with Crippen LogP contribution in [0.2, 0.25) is 0 Å². The topological polar surface area (TPSA) is 84.9 Å². The Kier molecular flexibility index (Phi) is 9.85. The maximum absolute atomic E-state index is 13.5. The molecule has 0 spiro atoms. The van der Waals surface area contributed by atoms with E-state index >= 15 is 0 Å². The lowest BCUT2D eigenvalue weighted by Gasteiger charge is -2.26. The maximum atomic E-state index is 13.5. The first-order valence-electron chi connectivity index (χ1n) is 11.2. The van der Waals surface area contributed by atoms with E-state index in [9.17, 15) is 19.1 Å². The van der Waals surface area contributed by atoms with Gasteiger partial charge in [-0.05, 0) is 75.8 Å². The molecule has 7 heteroatoms. The highest BCUT2D eigenvalue weighted by Crippen LogP contribution is 2.23. The van der Waals surface area contributed by atoms with Gasteiger partial charge in [0.1, 0.15) is 11.4 Å². The molecule has 0 unspecified atom stereocenters. The minimum absolute atomic E-state index is 0.162. The summed E-state index contributed by atoms with van der Waals surface area (Å²) in [6, 6.07) is 13.6. The van der Waals surface area contributed by atoms with Crippen molar-refractivity contribution in [3.8, 4) is 11.1 Å². The Morgan fingerprint density at radius 1 is 1.09 bits per heavy atom. The van der Waals surface area contributed by atoms with E-state index in [2.05, 4.69) is 5.32 Å². The van der Waals surface area contributed by atoms with Crippen LogP contribution in [0.15, 0.2) is 48.5 Å². The minimum Gasteiger partial charge on any atom is -0.466 e. The number of alkyl carbamates (subject to hydrolysis) is 1. The summed E-state index contributed by atoms with van der Waals surface area (Å²) in [6.45, 7) is 7.14. The molecular weight excluding hydrogens is 425 g/mol. The number of halogens is 1. The zero-order valence-corrected chi connectivity index (χ0v) is 19.8. The van der Waals surface area contributed by atoms with Gasteiger partial charge in [0.15, 0.2) is 0 Å². The van der Waals surface area contributed by atoms with Gasteiger partial charge in [0.2, 0.25) is 0 Å². The molecule has 0 radical (unpaired) electrons. The summed E-state index contributed by atoms with van der Waals surface area (Å²) in [5.74, 6) is -1.25. The molecule has 2 rings (SSSR count). The molecule has 2 atom stereocenters. The molecule has 2 aromatic rings. The molecule has 6 nitrogen and oxygen atoms in total. The van der Waals surface area contributed by atoms with Crippen molar-refractivity contribution in [1.82, 2.24) is 5.32 Å². The van der Waals surface area contributed by atoms with E-state index in [0.29, 0.717) is 12.8 Å². The molecule has 0 aliphatic rings. The van der Waals surface area contributed by atoms with E-state index in [0.717, 1.165) is 16.7 Å². The van der Waals surface area contributed by atoms with Crippen LogP contribution < -0.4 is 5.32 Å². The first-order chi connectivity index (χ1) is 15.6. The van der Waals surface area contributed by atoms with Crippen LogP contribution >= 0.6 is 0 Å². The summed E-state index contributed by atoms with van der Waals surface area (Å²) in [5, 5.41) is 12.3. The zero-order valence-electron chi connectivity index (χ0n) is 19.8. The number of hydrogen-bond donors (Lipinski definition) is 2. The molecule has 2 aromatic carbocycles. The van der Waals surface area contributed by atoms with E-state index in [-0.39, 0.29) is 25.5 Å². The molecule has 0 heterocycles. The molecule has 1 amide bonds. The monoisotopic (exact) mass is 459 g/mol. The Morgan fingerprint density at radius 2 is 1.79 bits per heavy atom. The Balaban J connectivity index is 2.19. The Labute approximate surface area is 195 Å². The van der Waals surface area contributed by atoms with Crippen molar-refractivity contribution < 1.29 is 28.6 Å². The van der Waals surface area contributed by atoms with E-state index in [4.69, 9.17) is 9.47 Å². The third kappa shape index (κ3) is 9.22. The predicted octanol–water partition coefficient (Wildman–Crippen LogP) is 4.88. The quantitative estimate of drug-likeness (QED) is 0.495. The number of benzene rings is 2. The average Bonchev–Trinajstić information content (AvgIpc) is 2.72. The third-order valence-electron chi connectivity index (χ3n) is 4.98. The van der Waals surface area contributed by atoms with Crippen LogP contribution in [0.4, 0.5) is 9.18 Å². The molecule has 2 N–H and O–H groups in total. The third-order valence-corrected chi connectivity index (χ3v) is 4.98. The first-order valence-corrected chi connectivity index (χ1v) is 11.2. The largest absolute Gasteiger partial charge is 0.466 e. The van der Waals surface area contributed by atoms with Gasteiger partial charge < -0.3 is 19.9 Å². The molecule has 0 aliphatic carbocycles. The Hall–Kier alpha value is -2.93. The number of rotatable bonds is 10. The van der Waals surface area contributed by atoms with Gasteiger partial charge in [-0.15, -0.1) is 0 Å². The van der Waals surface area contributed by atoms with Crippen LogP contribution in [0.25, 0.3) is 11.1 Å². The fourth-order valence-corrected chi connectivity index (χ4v) is 3.54. The van der Waals surface area contributed by atoms with Crippen molar-refractivity contribution in [2.24, 2.45) is 5.92 Å². The molecular formula is C26H34FNO5. The summed E-state index contributed by atoms with van der Waals surface area (Å²) in [7, 11) is 0. The van der Waals surface area contributed by atoms with Crippen molar-refractivity contribution in [2.45, 2.75) is 58.6 Å². The molecule has 0 fully saturated rings. The zero-order chi connectivity index (χ0) is 24.4. The average molecular weight is 460 g/mol. The number of aliphatic hydroxyl groups excluding tert-OH is 1. The highest BCUT2D eigenvalue weighted by Gasteiger charge is 2.27. The highest BCUT2D eigenvalue weighted by atomic mass is 19.1. The maximum Gasteiger partial charge on any atom is 0.407 e. The Bertz CT molecular complexity index is 908. The lowest BCUT2D eigenvalue weighted by atomic mass is 9.92. The van der Waals surface area contributed by atoms with Crippen molar-refractivity contribution in [3.05, 3.63) is 59.9 Å². The van der Waals surface area contributed by atoms with Gasteiger partial charge in [0.25, 0.3) is 0 Å². The number of amides is 1. The molecule has 0 saturated heterocycles. The van der Waals surface area contributed by atoms with Crippen LogP contribution in [0, 0.1) is 11.7 Å². The van der Waals surface area contributed by atoms with Gasteiger partial charge >= 0.3 is 12.1 Å². The Morgan fingerprint density at radius 3 is 2.36 bits per heavy atom. The van der Waals surface area contributed by atoms with Crippen molar-refractivity contribution in [3.63, 3.8) is 0 Å². The fraction of sp³-hybridized carbons (Fsp3) is 0.462. The number of carbonyl (C=O) groups is 2. The summed E-state index contributed by atoms with van der Waals surface area (Å²) in [4.78, 5) is 24.8. The number of ether oxygens (including phenoxy) is 2. The standard InChI is InChI=1S/C26H34FNO5/c1-5-32-24(30)21(13-14-29)17-23(28-25(31)33-26(2,3)4)15-18-9-11-19(12-10-18)20-7-6-8-22(27)16-20/h6-12,16,21,23,29H,5,13-15,17H2,1-4H3,(H,28,31)/t21-,23-/m1/s1. The van der Waals surface area contributed by atoms with Gasteiger partial charge in [0.05, 0.1) is 12.5 Å². The number of nitrogens with one attached hydrogen (secondary N) is 1. The van der Waals surface area contributed by atoms with E-state index in [1.54, 1.807) is 33.8 Å². The SMILES string of the molecule is CCOC(=O)[C@H](CCO)C[C@@H](Cc1ccc(-c2cccc(F)c2)cc1)NC(=O)OC(C)(C)C. The normalized spacial score (nSPS) is 13.2. The van der Waals surface area contributed by atoms with Crippen molar-refractivity contribution in [1.29, 1.82) is 0 Å². The summed E-state index contributed by atoms with van der Waals surface area (Å²) in [6.07, 6.45) is 0.411. The van der Waals surface area contributed by atoms with E-state index in [1.165, 1.54) is 12.1 Å². The second kappa shape index (κ2) is 12.3. The van der Waals surface area contributed by atoms with E-state index < -0.39 is 29.6 Å². The summed E-state index contributed by atoms with van der Waals surface area (Å²) < 4.78 is 24.1. The minimum atomic E-state index is -0.660. The summed E-state index contributed by atoms with van der Waals surface area (Å²) >= 11 is 0. The summed E-state index contributed by atoms with van der Waals surface area (Å²) in [5.41, 5.74) is 1.92. The van der Waals surface area contributed by atoms with Crippen molar-refractivity contribution >= 4 is 12.1 Å². The van der Waals surface area contributed by atoms with Crippen LogP contribution in [0.1, 0.15) is 46.1 Å². The lowest BCUT2D eigenvalue weighted by Crippen LogP contribution is -2.42. The molecule has 33 heavy (non-hydrogen) atoms. The smallest absolute Gasteiger partial charge is 0.407 e. The van der Waals surface area contributed by atoms with Crippen LogP contribution in [0.3, 0.4) is 0 Å². The van der Waals surface area contributed by atoms with E-state index in [1.807, 2.05) is 30.3 Å². The van der Waals surface area contributed by atoms with Crippen molar-refractivity contribution in [2.75, 3.05) is 13.2 Å². The molecule has 0 aromatic heterocycles. The number of carbonyl (C=O) groups excluding carboxylic acids is 2. The van der Waals surface area contributed by atoms with Gasteiger partial charge in [0, 0.05) is 12.6 Å². The highest BCUT2D eigenvalue weighted by molar-refractivity contribution is 5.73. The van der Waals surface area contributed by atoms with Gasteiger partial charge in [-0.25, -0.2) is 9.18 Å². The fourth-order valence-electron chi connectivity index (χ4n) is 3.54. The van der Waals surface area contributed by atoms with Crippen LogP contribution in [-0.2, 0) is 20.7 Å². The molecule has 0 saturated carbocycles. The van der Waals surface area contributed by atoms with Crippen LogP contribution in [0.5, 0.6) is 0 Å². The molecule has 0 bridgehead atoms. The van der Waals surface area contributed by atoms with Gasteiger partial charge in [-0.2, -0.15) is 0 Å². The second-order valence-electron chi connectivity index (χ2n) is 8.95.